The molecular formula is C20H17N3O7. The second-order valence-corrected chi connectivity index (χ2v) is 6.42. The molecule has 2 heterocycles. The minimum Gasteiger partial charge on any atom is -0.497 e. The minimum absolute atomic E-state index is 0.203. The SMILES string of the molecule is COc1ccc(N2C(=O)C(=O)N(CC(=O)Nc3ccc4c(c3)OCCO4)C2=O)cc1. The van der Waals surface area contributed by atoms with Crippen molar-refractivity contribution in [3.8, 4) is 17.2 Å². The predicted octanol–water partition coefficient (Wildman–Crippen LogP) is 1.40. The second-order valence-electron chi connectivity index (χ2n) is 6.42. The first-order valence-corrected chi connectivity index (χ1v) is 9.01. The van der Waals surface area contributed by atoms with E-state index in [2.05, 4.69) is 5.32 Å². The normalized spacial score (nSPS) is 15.4. The Kier molecular flexibility index (Phi) is 4.97. The third-order valence-electron chi connectivity index (χ3n) is 4.51. The fraction of sp³-hybridized carbons (Fsp3) is 0.200. The highest BCUT2D eigenvalue weighted by Gasteiger charge is 2.46. The summed E-state index contributed by atoms with van der Waals surface area (Å²) in [7, 11) is 1.48. The van der Waals surface area contributed by atoms with Crippen LogP contribution in [0.4, 0.5) is 16.2 Å². The maximum atomic E-state index is 12.6. The summed E-state index contributed by atoms with van der Waals surface area (Å²) in [5.41, 5.74) is 0.607. The van der Waals surface area contributed by atoms with Crippen LogP contribution in [0, 0.1) is 0 Å². The van der Waals surface area contributed by atoms with Crippen LogP contribution >= 0.6 is 0 Å². The van der Waals surface area contributed by atoms with Crippen LogP contribution in [0.2, 0.25) is 0 Å². The minimum atomic E-state index is -1.08. The van der Waals surface area contributed by atoms with E-state index in [1.54, 1.807) is 30.3 Å². The number of fused-ring (bicyclic) bond motifs is 1. The number of benzene rings is 2. The molecule has 0 unspecified atom stereocenters. The van der Waals surface area contributed by atoms with Crippen LogP contribution in [0.1, 0.15) is 0 Å². The molecule has 0 aliphatic carbocycles. The van der Waals surface area contributed by atoms with Gasteiger partial charge in [-0.25, -0.2) is 14.6 Å². The molecule has 0 saturated carbocycles. The van der Waals surface area contributed by atoms with Crippen LogP contribution in [0.15, 0.2) is 42.5 Å². The topological polar surface area (TPSA) is 114 Å². The third-order valence-corrected chi connectivity index (χ3v) is 4.51. The monoisotopic (exact) mass is 411 g/mol. The molecule has 1 fully saturated rings. The van der Waals surface area contributed by atoms with Crippen LogP contribution in [-0.2, 0) is 14.4 Å². The van der Waals surface area contributed by atoms with E-state index in [1.807, 2.05) is 0 Å². The molecule has 0 spiro atoms. The lowest BCUT2D eigenvalue weighted by Gasteiger charge is -2.19. The summed E-state index contributed by atoms with van der Waals surface area (Å²) >= 11 is 0. The summed E-state index contributed by atoms with van der Waals surface area (Å²) in [4.78, 5) is 50.9. The first-order chi connectivity index (χ1) is 14.5. The van der Waals surface area contributed by atoms with Gasteiger partial charge in [-0.2, -0.15) is 0 Å². The summed E-state index contributed by atoms with van der Waals surface area (Å²) in [5, 5.41) is 2.58. The fourth-order valence-corrected chi connectivity index (χ4v) is 3.07. The van der Waals surface area contributed by atoms with Gasteiger partial charge < -0.3 is 19.5 Å². The number of carbonyl (C=O) groups is 4. The molecular weight excluding hydrogens is 394 g/mol. The maximum absolute atomic E-state index is 12.6. The van der Waals surface area contributed by atoms with Gasteiger partial charge in [-0.3, -0.25) is 14.4 Å². The zero-order valence-corrected chi connectivity index (χ0v) is 15.9. The Morgan fingerprint density at radius 2 is 1.70 bits per heavy atom. The van der Waals surface area contributed by atoms with E-state index >= 15 is 0 Å². The van der Waals surface area contributed by atoms with E-state index in [1.165, 1.54) is 19.2 Å². The van der Waals surface area contributed by atoms with Crippen molar-refractivity contribution >= 4 is 35.1 Å². The first-order valence-electron chi connectivity index (χ1n) is 9.01. The molecule has 10 heteroatoms. The fourth-order valence-electron chi connectivity index (χ4n) is 3.07. The molecule has 2 aliphatic heterocycles. The summed E-state index contributed by atoms with van der Waals surface area (Å²) in [5.74, 6) is -1.18. The van der Waals surface area contributed by atoms with Crippen LogP contribution in [0.25, 0.3) is 0 Å². The number of amides is 5. The highest BCUT2D eigenvalue weighted by atomic mass is 16.6. The van der Waals surface area contributed by atoms with Crippen LogP contribution in [-0.4, -0.2) is 55.5 Å². The highest BCUT2D eigenvalue weighted by Crippen LogP contribution is 2.32. The molecule has 0 radical (unpaired) electrons. The van der Waals surface area contributed by atoms with Gasteiger partial charge in [-0.15, -0.1) is 0 Å². The average molecular weight is 411 g/mol. The van der Waals surface area contributed by atoms with Crippen molar-refractivity contribution in [3.63, 3.8) is 0 Å². The predicted molar refractivity (Wildman–Crippen MR) is 104 cm³/mol. The molecule has 2 aromatic carbocycles. The van der Waals surface area contributed by atoms with Gasteiger partial charge in [0.15, 0.2) is 11.5 Å². The molecule has 2 aliphatic rings. The smallest absolute Gasteiger partial charge is 0.339 e. The number of ether oxygens (including phenoxy) is 3. The van der Waals surface area contributed by atoms with E-state index in [0.29, 0.717) is 41.0 Å². The number of methoxy groups -OCH3 is 1. The third kappa shape index (κ3) is 3.50. The number of hydrogen-bond donors (Lipinski definition) is 1. The van der Waals surface area contributed by atoms with Crippen LogP contribution < -0.4 is 24.4 Å². The number of anilines is 2. The molecule has 5 amide bonds. The molecule has 154 valence electrons. The quantitative estimate of drug-likeness (QED) is 0.584. The second kappa shape index (κ2) is 7.74. The van der Waals surface area contributed by atoms with E-state index < -0.39 is 30.3 Å². The van der Waals surface area contributed by atoms with Crippen molar-refractivity contribution < 1.29 is 33.4 Å². The summed E-state index contributed by atoms with van der Waals surface area (Å²) in [6.45, 7) is 0.228. The molecule has 2 aromatic rings. The Morgan fingerprint density at radius 1 is 1.00 bits per heavy atom. The summed E-state index contributed by atoms with van der Waals surface area (Å²) < 4.78 is 15.9. The largest absolute Gasteiger partial charge is 0.497 e. The van der Waals surface area contributed by atoms with Gasteiger partial charge in [0.25, 0.3) is 0 Å². The van der Waals surface area contributed by atoms with Crippen molar-refractivity contribution in [2.24, 2.45) is 0 Å². The van der Waals surface area contributed by atoms with Gasteiger partial charge >= 0.3 is 17.8 Å². The van der Waals surface area contributed by atoms with Gasteiger partial charge in [0, 0.05) is 11.8 Å². The molecule has 10 nitrogen and oxygen atoms in total. The van der Waals surface area contributed by atoms with E-state index in [0.717, 1.165) is 4.90 Å². The molecule has 0 aromatic heterocycles. The van der Waals surface area contributed by atoms with E-state index in [9.17, 15) is 19.2 Å². The van der Waals surface area contributed by atoms with Crippen molar-refractivity contribution in [3.05, 3.63) is 42.5 Å². The van der Waals surface area contributed by atoms with Gasteiger partial charge in [-0.05, 0) is 36.4 Å². The lowest BCUT2D eigenvalue weighted by Crippen LogP contribution is -2.39. The van der Waals surface area contributed by atoms with Crippen molar-refractivity contribution in [2.45, 2.75) is 0 Å². The average Bonchev–Trinajstić information content (AvgIpc) is 2.97. The lowest BCUT2D eigenvalue weighted by molar-refractivity contribution is -0.140. The van der Waals surface area contributed by atoms with Crippen molar-refractivity contribution in [2.75, 3.05) is 37.1 Å². The van der Waals surface area contributed by atoms with Crippen LogP contribution in [0.5, 0.6) is 17.2 Å². The Bertz CT molecular complexity index is 1040. The standard InChI is InChI=1S/C20H17N3O7/c1-28-14-5-3-13(4-6-14)23-19(26)18(25)22(20(23)27)11-17(24)21-12-2-7-15-16(10-12)30-9-8-29-15/h2-7,10H,8-9,11H2,1H3,(H,21,24). The van der Waals surface area contributed by atoms with Crippen molar-refractivity contribution in [1.29, 1.82) is 0 Å². The van der Waals surface area contributed by atoms with Gasteiger partial charge in [-0.1, -0.05) is 0 Å². The Morgan fingerprint density at radius 3 is 2.40 bits per heavy atom. The molecule has 30 heavy (non-hydrogen) atoms. The zero-order chi connectivity index (χ0) is 21.3. The first kappa shape index (κ1) is 19.2. The number of urea groups is 1. The highest BCUT2D eigenvalue weighted by molar-refractivity contribution is 6.53. The number of nitrogens with one attached hydrogen (secondary N) is 1. The molecule has 0 atom stereocenters. The Balaban J connectivity index is 1.46. The summed E-state index contributed by atoms with van der Waals surface area (Å²) in [6.07, 6.45) is 0. The Labute approximate surface area is 170 Å². The van der Waals surface area contributed by atoms with Crippen molar-refractivity contribution in [1.82, 2.24) is 4.90 Å². The van der Waals surface area contributed by atoms with E-state index in [-0.39, 0.29) is 5.69 Å². The number of nitrogens with zero attached hydrogens (tertiary/aromatic N) is 2. The van der Waals surface area contributed by atoms with Gasteiger partial charge in [0.05, 0.1) is 12.8 Å². The molecule has 0 bridgehead atoms. The van der Waals surface area contributed by atoms with Gasteiger partial charge in [0.1, 0.15) is 25.5 Å². The molecule has 4 rings (SSSR count). The van der Waals surface area contributed by atoms with Gasteiger partial charge in [0.2, 0.25) is 5.91 Å². The number of imide groups is 2. The molecule has 1 N–H and O–H groups in total. The summed E-state index contributed by atoms with van der Waals surface area (Å²) in [6, 6.07) is 9.98. The number of rotatable bonds is 5. The van der Waals surface area contributed by atoms with E-state index in [4.69, 9.17) is 14.2 Å². The van der Waals surface area contributed by atoms with Crippen LogP contribution in [0.3, 0.4) is 0 Å². The Hall–Kier alpha value is -4.08. The maximum Gasteiger partial charge on any atom is 0.339 e. The zero-order valence-electron chi connectivity index (χ0n) is 15.9. The number of hydrogen-bond acceptors (Lipinski definition) is 7. The lowest BCUT2D eigenvalue weighted by atomic mass is 10.2. The molecule has 1 saturated heterocycles. The number of carbonyl (C=O) groups excluding carboxylic acids is 4.